The lowest BCUT2D eigenvalue weighted by atomic mass is 10.2. The van der Waals surface area contributed by atoms with Crippen molar-refractivity contribution in [3.05, 3.63) is 23.8 Å². The zero-order valence-corrected chi connectivity index (χ0v) is 17.7. The van der Waals surface area contributed by atoms with Gasteiger partial charge in [-0.1, -0.05) is 25.3 Å². The van der Waals surface area contributed by atoms with E-state index >= 15 is 0 Å². The zero-order valence-electron chi connectivity index (χ0n) is 16.9. The third-order valence-electron chi connectivity index (χ3n) is 5.54. The highest BCUT2D eigenvalue weighted by atomic mass is 32.2. The first-order chi connectivity index (χ1) is 13.9. The summed E-state index contributed by atoms with van der Waals surface area (Å²) in [6.07, 6.45) is 6.87. The Bertz CT molecular complexity index is 844. The molecule has 3 N–H and O–H groups in total. The highest BCUT2D eigenvalue weighted by Crippen LogP contribution is 2.25. The Morgan fingerprint density at radius 3 is 2.45 bits per heavy atom. The van der Waals surface area contributed by atoms with Crippen LogP contribution in [0.15, 0.2) is 23.1 Å². The Balaban J connectivity index is 1.58. The Morgan fingerprint density at radius 1 is 1.07 bits per heavy atom. The summed E-state index contributed by atoms with van der Waals surface area (Å²) in [5.74, 6) is -0.468. The lowest BCUT2D eigenvalue weighted by molar-refractivity contribution is -0.118. The van der Waals surface area contributed by atoms with Gasteiger partial charge in [0.2, 0.25) is 15.9 Å². The van der Waals surface area contributed by atoms with Crippen molar-refractivity contribution in [1.29, 1.82) is 0 Å². The van der Waals surface area contributed by atoms with Crippen molar-refractivity contribution >= 4 is 27.6 Å². The van der Waals surface area contributed by atoms with Gasteiger partial charge >= 0.3 is 6.03 Å². The van der Waals surface area contributed by atoms with Gasteiger partial charge in [-0.2, -0.15) is 4.31 Å². The van der Waals surface area contributed by atoms with Crippen LogP contribution in [0.5, 0.6) is 0 Å². The summed E-state index contributed by atoms with van der Waals surface area (Å²) >= 11 is 0. The summed E-state index contributed by atoms with van der Waals surface area (Å²) in [6.45, 7) is 2.80. The summed E-state index contributed by atoms with van der Waals surface area (Å²) in [4.78, 5) is 24.2. The SMILES string of the molecule is Cc1ccc(S(=O)(=O)N2CCCCC2)cc1NCC(=O)NC(=O)NC1CCCC1. The van der Waals surface area contributed by atoms with Crippen LogP contribution in [0.1, 0.15) is 50.5 Å². The van der Waals surface area contributed by atoms with Crippen molar-refractivity contribution in [2.24, 2.45) is 0 Å². The number of urea groups is 1. The van der Waals surface area contributed by atoms with E-state index in [4.69, 9.17) is 0 Å². The maximum atomic E-state index is 12.9. The van der Waals surface area contributed by atoms with Crippen LogP contribution in [0, 0.1) is 6.92 Å². The minimum absolute atomic E-state index is 0.119. The molecule has 2 aliphatic rings. The summed E-state index contributed by atoms with van der Waals surface area (Å²) < 4.78 is 27.2. The van der Waals surface area contributed by atoms with E-state index in [2.05, 4.69) is 16.0 Å². The van der Waals surface area contributed by atoms with Crippen molar-refractivity contribution in [1.82, 2.24) is 14.9 Å². The first-order valence-electron chi connectivity index (χ1n) is 10.3. The third-order valence-corrected chi connectivity index (χ3v) is 7.44. The van der Waals surface area contributed by atoms with Crippen LogP contribution in [0.25, 0.3) is 0 Å². The molecule has 1 saturated carbocycles. The molecule has 1 aliphatic carbocycles. The average Bonchev–Trinajstić information content (AvgIpc) is 3.20. The first kappa shape index (κ1) is 21.6. The molecule has 1 aromatic carbocycles. The molecular formula is C20H30N4O4S. The van der Waals surface area contributed by atoms with Crippen molar-refractivity contribution < 1.29 is 18.0 Å². The second-order valence-corrected chi connectivity index (χ2v) is 9.74. The molecule has 8 nitrogen and oxygen atoms in total. The number of piperidine rings is 1. The number of carbonyl (C=O) groups excluding carboxylic acids is 2. The molecule has 1 aromatic rings. The largest absolute Gasteiger partial charge is 0.376 e. The van der Waals surface area contributed by atoms with E-state index < -0.39 is 22.0 Å². The Morgan fingerprint density at radius 2 is 1.76 bits per heavy atom. The number of nitrogens with zero attached hydrogens (tertiary/aromatic N) is 1. The highest BCUT2D eigenvalue weighted by molar-refractivity contribution is 7.89. The average molecular weight is 423 g/mol. The Labute approximate surface area is 172 Å². The van der Waals surface area contributed by atoms with Gasteiger partial charge in [0.15, 0.2) is 0 Å². The summed E-state index contributed by atoms with van der Waals surface area (Å²) in [6, 6.07) is 4.53. The van der Waals surface area contributed by atoms with Crippen molar-refractivity contribution in [2.75, 3.05) is 25.0 Å². The fourth-order valence-electron chi connectivity index (χ4n) is 3.84. The Hall–Kier alpha value is -2.13. The molecule has 29 heavy (non-hydrogen) atoms. The van der Waals surface area contributed by atoms with Gasteiger partial charge in [0, 0.05) is 24.8 Å². The van der Waals surface area contributed by atoms with Crippen molar-refractivity contribution in [3.63, 3.8) is 0 Å². The van der Waals surface area contributed by atoms with Gasteiger partial charge in [-0.15, -0.1) is 0 Å². The van der Waals surface area contributed by atoms with Crippen LogP contribution in [0.3, 0.4) is 0 Å². The number of sulfonamides is 1. The van der Waals surface area contributed by atoms with E-state index in [0.29, 0.717) is 18.8 Å². The number of hydrogen-bond acceptors (Lipinski definition) is 5. The minimum Gasteiger partial charge on any atom is -0.376 e. The molecule has 0 spiro atoms. The van der Waals surface area contributed by atoms with Gasteiger partial charge < -0.3 is 10.6 Å². The molecular weight excluding hydrogens is 392 g/mol. The van der Waals surface area contributed by atoms with Gasteiger partial charge in [-0.3, -0.25) is 10.1 Å². The predicted molar refractivity (Wildman–Crippen MR) is 111 cm³/mol. The van der Waals surface area contributed by atoms with Gasteiger partial charge in [-0.25, -0.2) is 13.2 Å². The molecule has 1 saturated heterocycles. The predicted octanol–water partition coefficient (Wildman–Crippen LogP) is 2.35. The van der Waals surface area contributed by atoms with E-state index in [1.54, 1.807) is 18.2 Å². The molecule has 3 amide bonds. The van der Waals surface area contributed by atoms with Crippen LogP contribution in [0.2, 0.25) is 0 Å². The van der Waals surface area contributed by atoms with E-state index in [1.165, 1.54) is 4.31 Å². The minimum atomic E-state index is -3.54. The number of nitrogens with one attached hydrogen (secondary N) is 3. The maximum Gasteiger partial charge on any atom is 0.321 e. The number of benzene rings is 1. The van der Waals surface area contributed by atoms with Crippen LogP contribution >= 0.6 is 0 Å². The topological polar surface area (TPSA) is 108 Å². The van der Waals surface area contributed by atoms with Gasteiger partial charge in [-0.05, 0) is 50.3 Å². The standard InChI is InChI=1S/C20H30N4O4S/c1-15-9-10-17(29(27,28)24-11-5-2-6-12-24)13-18(15)21-14-19(25)23-20(26)22-16-7-3-4-8-16/h9-10,13,16,21H,2-8,11-12,14H2,1H3,(H2,22,23,25,26). The highest BCUT2D eigenvalue weighted by Gasteiger charge is 2.26. The monoisotopic (exact) mass is 422 g/mol. The quantitative estimate of drug-likeness (QED) is 0.652. The molecule has 1 heterocycles. The number of anilines is 1. The third kappa shape index (κ3) is 5.70. The second kappa shape index (κ2) is 9.58. The second-order valence-electron chi connectivity index (χ2n) is 7.80. The lowest BCUT2D eigenvalue weighted by Crippen LogP contribution is -2.45. The fraction of sp³-hybridized carbons (Fsp3) is 0.600. The van der Waals surface area contributed by atoms with E-state index in [-0.39, 0.29) is 17.5 Å². The first-order valence-corrected chi connectivity index (χ1v) is 11.8. The normalized spacial score (nSPS) is 18.4. The van der Waals surface area contributed by atoms with Crippen molar-refractivity contribution in [2.45, 2.75) is 62.8 Å². The van der Waals surface area contributed by atoms with Crippen LogP contribution in [0.4, 0.5) is 10.5 Å². The maximum absolute atomic E-state index is 12.9. The molecule has 0 atom stereocenters. The lowest BCUT2D eigenvalue weighted by Gasteiger charge is -2.26. The summed E-state index contributed by atoms with van der Waals surface area (Å²) in [5, 5.41) is 8.07. The van der Waals surface area contributed by atoms with E-state index in [0.717, 1.165) is 50.5 Å². The van der Waals surface area contributed by atoms with Gasteiger partial charge in [0.05, 0.1) is 11.4 Å². The fourth-order valence-corrected chi connectivity index (χ4v) is 5.39. The zero-order chi connectivity index (χ0) is 20.9. The molecule has 9 heteroatoms. The molecule has 3 rings (SSSR count). The number of imide groups is 1. The van der Waals surface area contributed by atoms with Crippen LogP contribution in [-0.2, 0) is 14.8 Å². The van der Waals surface area contributed by atoms with Crippen LogP contribution in [-0.4, -0.2) is 50.3 Å². The summed E-state index contributed by atoms with van der Waals surface area (Å²) in [7, 11) is -3.54. The number of hydrogen-bond donors (Lipinski definition) is 3. The van der Waals surface area contributed by atoms with Gasteiger partial charge in [0.1, 0.15) is 0 Å². The molecule has 2 fully saturated rings. The summed E-state index contributed by atoms with van der Waals surface area (Å²) in [5.41, 5.74) is 1.39. The molecule has 0 unspecified atom stereocenters. The molecule has 0 radical (unpaired) electrons. The number of rotatable bonds is 6. The smallest absolute Gasteiger partial charge is 0.321 e. The number of aryl methyl sites for hydroxylation is 1. The van der Waals surface area contributed by atoms with Gasteiger partial charge in [0.25, 0.3) is 0 Å². The molecule has 1 aliphatic heterocycles. The van der Waals surface area contributed by atoms with E-state index in [9.17, 15) is 18.0 Å². The van der Waals surface area contributed by atoms with Crippen molar-refractivity contribution in [3.8, 4) is 0 Å². The molecule has 0 bridgehead atoms. The number of carbonyl (C=O) groups is 2. The van der Waals surface area contributed by atoms with E-state index in [1.807, 2.05) is 6.92 Å². The molecule has 160 valence electrons. The number of amides is 3. The van der Waals surface area contributed by atoms with Crippen LogP contribution < -0.4 is 16.0 Å². The Kier molecular flexibility index (Phi) is 7.13. The molecule has 0 aromatic heterocycles.